The Morgan fingerprint density at radius 2 is 2.44 bits per heavy atom. The van der Waals surface area contributed by atoms with E-state index in [9.17, 15) is 0 Å². The Labute approximate surface area is 93.7 Å². The highest BCUT2D eigenvalue weighted by Crippen LogP contribution is 2.04. The smallest absolute Gasteiger partial charge is 0.155 e. The van der Waals surface area contributed by atoms with Crippen molar-refractivity contribution in [2.75, 3.05) is 6.54 Å². The summed E-state index contributed by atoms with van der Waals surface area (Å²) in [5.74, 6) is 0. The summed E-state index contributed by atoms with van der Waals surface area (Å²) in [5, 5.41) is 15.9. The van der Waals surface area contributed by atoms with Crippen LogP contribution in [0.3, 0.4) is 0 Å². The average molecular weight is 215 g/mol. The Bertz CT molecular complexity index is 523. The van der Waals surface area contributed by atoms with Crippen molar-refractivity contribution in [3.05, 3.63) is 29.7 Å². The lowest BCUT2D eigenvalue weighted by atomic mass is 10.3. The lowest BCUT2D eigenvalue weighted by Crippen LogP contribution is -2.14. The molecule has 82 valence electrons. The molecule has 1 N–H and O–H groups in total. The molecule has 2 heterocycles. The molecule has 0 radical (unpaired) electrons. The Balaban J connectivity index is 2.05. The number of nitrogens with one attached hydrogen (secondary N) is 1. The van der Waals surface area contributed by atoms with Crippen LogP contribution in [0.25, 0.3) is 5.65 Å². The molecule has 0 atom stereocenters. The van der Waals surface area contributed by atoms with Crippen molar-refractivity contribution in [3.8, 4) is 6.07 Å². The standard InChI is InChI=1S/C11H13N5/c1-9-5-11-14-7-10(8-16(11)15-9)6-13-4-2-3-12/h5,7-8,13H,2,4,6H2,1H3. The summed E-state index contributed by atoms with van der Waals surface area (Å²) >= 11 is 0. The van der Waals surface area contributed by atoms with Crippen LogP contribution >= 0.6 is 0 Å². The number of nitriles is 1. The van der Waals surface area contributed by atoms with E-state index in [1.165, 1.54) is 0 Å². The molecule has 0 fully saturated rings. The van der Waals surface area contributed by atoms with E-state index in [4.69, 9.17) is 5.26 Å². The maximum atomic E-state index is 8.39. The molecule has 2 aromatic rings. The van der Waals surface area contributed by atoms with Gasteiger partial charge in [-0.1, -0.05) is 0 Å². The minimum atomic E-state index is 0.524. The highest BCUT2D eigenvalue weighted by Gasteiger charge is 2.00. The van der Waals surface area contributed by atoms with Crippen molar-refractivity contribution in [2.45, 2.75) is 19.9 Å². The fourth-order valence-electron chi connectivity index (χ4n) is 1.50. The third-order valence-corrected chi connectivity index (χ3v) is 2.23. The van der Waals surface area contributed by atoms with E-state index in [-0.39, 0.29) is 0 Å². The first kappa shape index (κ1) is 10.6. The van der Waals surface area contributed by atoms with Gasteiger partial charge in [-0.25, -0.2) is 9.50 Å². The zero-order chi connectivity index (χ0) is 11.4. The van der Waals surface area contributed by atoms with Crippen molar-refractivity contribution in [1.29, 1.82) is 5.26 Å². The first-order valence-electron chi connectivity index (χ1n) is 5.18. The molecule has 0 amide bonds. The SMILES string of the molecule is Cc1cc2ncc(CNCCC#N)cn2n1. The second kappa shape index (κ2) is 4.73. The van der Waals surface area contributed by atoms with E-state index in [0.29, 0.717) is 19.5 Å². The molecular formula is C11H13N5. The van der Waals surface area contributed by atoms with Crippen molar-refractivity contribution >= 4 is 5.65 Å². The van der Waals surface area contributed by atoms with Gasteiger partial charge in [0, 0.05) is 43.5 Å². The van der Waals surface area contributed by atoms with Crippen LogP contribution in [0.1, 0.15) is 17.7 Å². The number of fused-ring (bicyclic) bond motifs is 1. The predicted molar refractivity (Wildman–Crippen MR) is 59.7 cm³/mol. The van der Waals surface area contributed by atoms with E-state index in [0.717, 1.165) is 16.9 Å². The fraction of sp³-hybridized carbons (Fsp3) is 0.364. The number of nitrogens with zero attached hydrogens (tertiary/aromatic N) is 4. The van der Waals surface area contributed by atoms with E-state index >= 15 is 0 Å². The van der Waals surface area contributed by atoms with Crippen LogP contribution < -0.4 is 5.32 Å². The van der Waals surface area contributed by atoms with Crippen LogP contribution in [0.2, 0.25) is 0 Å². The fourth-order valence-corrected chi connectivity index (χ4v) is 1.50. The van der Waals surface area contributed by atoms with Gasteiger partial charge in [0.15, 0.2) is 5.65 Å². The highest BCUT2D eigenvalue weighted by molar-refractivity contribution is 5.38. The number of aromatic nitrogens is 3. The maximum Gasteiger partial charge on any atom is 0.155 e. The van der Waals surface area contributed by atoms with Crippen LogP contribution in [0, 0.1) is 18.3 Å². The van der Waals surface area contributed by atoms with Gasteiger partial charge in [0.25, 0.3) is 0 Å². The topological polar surface area (TPSA) is 66.0 Å². The lowest BCUT2D eigenvalue weighted by molar-refractivity contribution is 0.691. The highest BCUT2D eigenvalue weighted by atomic mass is 15.2. The van der Waals surface area contributed by atoms with Gasteiger partial charge < -0.3 is 5.32 Å². The van der Waals surface area contributed by atoms with E-state index in [1.807, 2.05) is 25.4 Å². The van der Waals surface area contributed by atoms with Crippen LogP contribution in [0.5, 0.6) is 0 Å². The largest absolute Gasteiger partial charge is 0.312 e. The van der Waals surface area contributed by atoms with Crippen LogP contribution in [0.4, 0.5) is 0 Å². The molecule has 2 rings (SSSR count). The molecule has 0 saturated carbocycles. The number of hydrogen-bond donors (Lipinski definition) is 1. The van der Waals surface area contributed by atoms with Crippen LogP contribution in [-0.4, -0.2) is 21.1 Å². The Morgan fingerprint density at radius 1 is 1.56 bits per heavy atom. The van der Waals surface area contributed by atoms with Gasteiger partial charge in [-0.3, -0.25) is 0 Å². The van der Waals surface area contributed by atoms with Gasteiger partial charge in [-0.2, -0.15) is 10.4 Å². The van der Waals surface area contributed by atoms with Gasteiger partial charge in [0.05, 0.1) is 11.8 Å². The third-order valence-electron chi connectivity index (χ3n) is 2.23. The molecule has 0 spiro atoms. The minimum Gasteiger partial charge on any atom is -0.312 e. The summed E-state index contributed by atoms with van der Waals surface area (Å²) in [4.78, 5) is 4.30. The molecule has 0 unspecified atom stereocenters. The lowest BCUT2D eigenvalue weighted by Gasteiger charge is -2.02. The summed E-state index contributed by atoms with van der Waals surface area (Å²) in [5.41, 5.74) is 2.88. The van der Waals surface area contributed by atoms with Crippen molar-refractivity contribution in [3.63, 3.8) is 0 Å². The Kier molecular flexibility index (Phi) is 3.13. The van der Waals surface area contributed by atoms with Gasteiger partial charge in [0.2, 0.25) is 0 Å². The molecule has 5 heteroatoms. The first-order valence-corrected chi connectivity index (χ1v) is 5.18. The molecule has 16 heavy (non-hydrogen) atoms. The molecule has 2 aromatic heterocycles. The third kappa shape index (κ3) is 2.35. The van der Waals surface area contributed by atoms with E-state index in [2.05, 4.69) is 21.5 Å². The summed E-state index contributed by atoms with van der Waals surface area (Å²) in [6, 6.07) is 4.03. The molecule has 0 aromatic carbocycles. The summed E-state index contributed by atoms with van der Waals surface area (Å²) in [6.07, 6.45) is 4.31. The van der Waals surface area contributed by atoms with Gasteiger partial charge in [0.1, 0.15) is 0 Å². The minimum absolute atomic E-state index is 0.524. The summed E-state index contributed by atoms with van der Waals surface area (Å²) in [6.45, 7) is 3.36. The second-order valence-electron chi connectivity index (χ2n) is 3.64. The quantitative estimate of drug-likeness (QED) is 0.774. The molecule has 0 saturated heterocycles. The molecule has 0 aliphatic heterocycles. The van der Waals surface area contributed by atoms with Crippen molar-refractivity contribution in [1.82, 2.24) is 19.9 Å². The van der Waals surface area contributed by atoms with Gasteiger partial charge >= 0.3 is 0 Å². The van der Waals surface area contributed by atoms with E-state index in [1.54, 1.807) is 4.52 Å². The molecule has 0 aliphatic carbocycles. The first-order chi connectivity index (χ1) is 7.79. The summed E-state index contributed by atoms with van der Waals surface area (Å²) in [7, 11) is 0. The molecule has 0 bridgehead atoms. The van der Waals surface area contributed by atoms with Gasteiger partial charge in [-0.15, -0.1) is 0 Å². The van der Waals surface area contributed by atoms with Crippen molar-refractivity contribution in [2.24, 2.45) is 0 Å². The molecule has 5 nitrogen and oxygen atoms in total. The van der Waals surface area contributed by atoms with Crippen molar-refractivity contribution < 1.29 is 0 Å². The van der Waals surface area contributed by atoms with E-state index < -0.39 is 0 Å². The average Bonchev–Trinajstić information content (AvgIpc) is 2.64. The van der Waals surface area contributed by atoms with Crippen LogP contribution in [-0.2, 0) is 6.54 Å². The normalized spacial score (nSPS) is 10.5. The predicted octanol–water partition coefficient (Wildman–Crippen LogP) is 1.04. The second-order valence-corrected chi connectivity index (χ2v) is 3.64. The zero-order valence-corrected chi connectivity index (χ0v) is 9.14. The van der Waals surface area contributed by atoms with Crippen LogP contribution in [0.15, 0.2) is 18.5 Å². The summed E-state index contributed by atoms with van der Waals surface area (Å²) < 4.78 is 1.77. The number of rotatable bonds is 4. The Morgan fingerprint density at radius 3 is 3.25 bits per heavy atom. The molecule has 0 aliphatic rings. The monoisotopic (exact) mass is 215 g/mol. The maximum absolute atomic E-state index is 8.39. The number of aryl methyl sites for hydroxylation is 1. The Hall–Kier alpha value is -1.93. The molecular weight excluding hydrogens is 202 g/mol. The number of hydrogen-bond acceptors (Lipinski definition) is 4. The zero-order valence-electron chi connectivity index (χ0n) is 9.14. The van der Waals surface area contributed by atoms with Gasteiger partial charge in [-0.05, 0) is 6.92 Å².